The molecule has 0 unspecified atom stereocenters. The molecule has 2 aromatic rings. The summed E-state index contributed by atoms with van der Waals surface area (Å²) < 4.78 is 44.2. The van der Waals surface area contributed by atoms with E-state index in [9.17, 15) is 13.2 Å². The molecule has 0 saturated carbocycles. The molecular weight excluding hydrogens is 446 g/mol. The van der Waals surface area contributed by atoms with Crippen molar-refractivity contribution in [3.05, 3.63) is 42.0 Å². The minimum Gasteiger partial charge on any atom is -0.454 e. The highest BCUT2D eigenvalue weighted by Gasteiger charge is 2.29. The fourth-order valence-electron chi connectivity index (χ4n) is 4.36. The number of carbonyl (C=O) groups is 1. The molecule has 0 bridgehead atoms. The molecule has 176 valence electrons. The molecule has 1 amide bonds. The Morgan fingerprint density at radius 2 is 1.64 bits per heavy atom. The van der Waals surface area contributed by atoms with Crippen LogP contribution in [0.1, 0.15) is 29.6 Å². The second-order valence-corrected chi connectivity index (χ2v) is 10.2. The number of amides is 1. The minimum atomic E-state index is -3.67. The first-order valence-corrected chi connectivity index (χ1v) is 12.6. The van der Waals surface area contributed by atoms with Crippen LogP contribution in [0.25, 0.3) is 0 Å². The Balaban J connectivity index is 1.48. The lowest BCUT2D eigenvalue weighted by atomic mass is 10.1. The van der Waals surface area contributed by atoms with Gasteiger partial charge in [-0.25, -0.2) is 8.42 Å². The van der Waals surface area contributed by atoms with Crippen molar-refractivity contribution in [2.75, 3.05) is 56.4 Å². The van der Waals surface area contributed by atoms with Crippen molar-refractivity contribution >= 4 is 27.3 Å². The van der Waals surface area contributed by atoms with Crippen LogP contribution < -0.4 is 19.7 Å². The van der Waals surface area contributed by atoms with Gasteiger partial charge in [0.25, 0.3) is 5.91 Å². The van der Waals surface area contributed by atoms with E-state index in [-0.39, 0.29) is 17.6 Å². The molecule has 1 N–H and O–H groups in total. The fourth-order valence-corrected chi connectivity index (χ4v) is 5.91. The van der Waals surface area contributed by atoms with E-state index in [1.54, 1.807) is 30.3 Å². The molecule has 33 heavy (non-hydrogen) atoms. The predicted molar refractivity (Wildman–Crippen MR) is 123 cm³/mol. The topological polar surface area (TPSA) is 97.4 Å². The highest BCUT2D eigenvalue weighted by Crippen LogP contribution is 2.35. The van der Waals surface area contributed by atoms with E-state index < -0.39 is 10.0 Å². The van der Waals surface area contributed by atoms with Gasteiger partial charge in [-0.15, -0.1) is 0 Å². The van der Waals surface area contributed by atoms with Gasteiger partial charge in [-0.1, -0.05) is 6.42 Å². The molecule has 3 aliphatic heterocycles. The van der Waals surface area contributed by atoms with E-state index in [1.807, 2.05) is 0 Å². The van der Waals surface area contributed by atoms with Gasteiger partial charge in [0, 0.05) is 43.6 Å². The van der Waals surface area contributed by atoms with E-state index in [0.29, 0.717) is 67.8 Å². The molecule has 9 nitrogen and oxygen atoms in total. The van der Waals surface area contributed by atoms with E-state index in [0.717, 1.165) is 19.3 Å². The van der Waals surface area contributed by atoms with Crippen LogP contribution in [0.2, 0.25) is 0 Å². The summed E-state index contributed by atoms with van der Waals surface area (Å²) >= 11 is 0. The zero-order valence-electron chi connectivity index (χ0n) is 18.3. The van der Waals surface area contributed by atoms with Crippen LogP contribution in [0, 0.1) is 0 Å². The van der Waals surface area contributed by atoms with Crippen LogP contribution in [0.5, 0.6) is 11.5 Å². The summed E-state index contributed by atoms with van der Waals surface area (Å²) in [5.41, 5.74) is 1.54. The van der Waals surface area contributed by atoms with E-state index in [4.69, 9.17) is 14.2 Å². The highest BCUT2D eigenvalue weighted by molar-refractivity contribution is 7.89. The quantitative estimate of drug-likeness (QED) is 0.713. The van der Waals surface area contributed by atoms with Crippen LogP contribution in [-0.2, 0) is 14.8 Å². The molecule has 2 fully saturated rings. The van der Waals surface area contributed by atoms with Crippen LogP contribution in [-0.4, -0.2) is 64.8 Å². The van der Waals surface area contributed by atoms with E-state index in [2.05, 4.69) is 10.2 Å². The Morgan fingerprint density at radius 3 is 2.42 bits per heavy atom. The third kappa shape index (κ3) is 4.50. The van der Waals surface area contributed by atoms with Crippen molar-refractivity contribution in [3.63, 3.8) is 0 Å². The first-order valence-electron chi connectivity index (χ1n) is 11.2. The van der Waals surface area contributed by atoms with Crippen LogP contribution in [0.4, 0.5) is 11.4 Å². The Labute approximate surface area is 193 Å². The summed E-state index contributed by atoms with van der Waals surface area (Å²) in [5, 5.41) is 2.88. The molecule has 0 aromatic heterocycles. The van der Waals surface area contributed by atoms with Crippen molar-refractivity contribution in [2.24, 2.45) is 0 Å². The van der Waals surface area contributed by atoms with Gasteiger partial charge in [0.15, 0.2) is 11.5 Å². The molecule has 3 aliphatic rings. The number of rotatable bonds is 5. The number of sulfonamides is 1. The lowest BCUT2D eigenvalue weighted by Gasteiger charge is -2.31. The summed E-state index contributed by atoms with van der Waals surface area (Å²) in [6.45, 7) is 3.52. The van der Waals surface area contributed by atoms with Gasteiger partial charge in [-0.2, -0.15) is 4.31 Å². The first-order chi connectivity index (χ1) is 16.0. The third-order valence-corrected chi connectivity index (χ3v) is 8.04. The van der Waals surface area contributed by atoms with Crippen LogP contribution in [0.3, 0.4) is 0 Å². The maximum atomic E-state index is 13.4. The summed E-state index contributed by atoms with van der Waals surface area (Å²) in [5.74, 6) is 0.797. The Kier molecular flexibility index (Phi) is 6.13. The summed E-state index contributed by atoms with van der Waals surface area (Å²) in [7, 11) is -3.67. The molecular formula is C23H27N3O6S. The number of hydrogen-bond acceptors (Lipinski definition) is 7. The Morgan fingerprint density at radius 1 is 0.879 bits per heavy atom. The van der Waals surface area contributed by atoms with Crippen molar-refractivity contribution in [1.82, 2.24) is 4.31 Å². The number of nitrogens with one attached hydrogen (secondary N) is 1. The molecule has 2 aromatic carbocycles. The number of anilines is 2. The largest absolute Gasteiger partial charge is 0.454 e. The van der Waals surface area contributed by atoms with Gasteiger partial charge in [-0.3, -0.25) is 4.79 Å². The molecule has 0 aliphatic carbocycles. The van der Waals surface area contributed by atoms with E-state index >= 15 is 0 Å². The number of ether oxygens (including phenoxy) is 3. The SMILES string of the molecule is O=C(Nc1ccc2c(c1)OCO2)c1cc(S(=O)(=O)N2CCCCC2)ccc1N1CCOCC1. The van der Waals surface area contributed by atoms with Crippen molar-refractivity contribution < 1.29 is 27.4 Å². The lowest BCUT2D eigenvalue weighted by molar-refractivity contribution is 0.102. The number of morpholine rings is 1. The van der Waals surface area contributed by atoms with Gasteiger partial charge in [0.05, 0.1) is 23.7 Å². The van der Waals surface area contributed by atoms with Crippen LogP contribution in [0.15, 0.2) is 41.3 Å². The van der Waals surface area contributed by atoms with Crippen molar-refractivity contribution in [2.45, 2.75) is 24.2 Å². The van der Waals surface area contributed by atoms with E-state index in [1.165, 1.54) is 10.4 Å². The third-order valence-electron chi connectivity index (χ3n) is 6.15. The summed E-state index contributed by atoms with van der Waals surface area (Å²) in [4.78, 5) is 15.6. The summed E-state index contributed by atoms with van der Waals surface area (Å²) in [6.07, 6.45) is 2.73. The molecule has 10 heteroatoms. The first kappa shape index (κ1) is 22.0. The second kappa shape index (κ2) is 9.20. The number of fused-ring (bicyclic) bond motifs is 1. The Hall–Kier alpha value is -2.82. The van der Waals surface area contributed by atoms with Gasteiger partial charge < -0.3 is 24.4 Å². The molecule has 2 saturated heterocycles. The highest BCUT2D eigenvalue weighted by atomic mass is 32.2. The number of benzene rings is 2. The molecule has 0 atom stereocenters. The monoisotopic (exact) mass is 473 g/mol. The Bertz CT molecular complexity index is 1140. The lowest BCUT2D eigenvalue weighted by Crippen LogP contribution is -2.38. The second-order valence-electron chi connectivity index (χ2n) is 8.27. The molecule has 0 spiro atoms. The zero-order valence-corrected chi connectivity index (χ0v) is 19.1. The van der Waals surface area contributed by atoms with Gasteiger partial charge in [0.2, 0.25) is 16.8 Å². The standard InChI is InChI=1S/C23H27N3O6S/c27-23(24-17-4-7-21-22(14-17)32-16-31-21)19-15-18(33(28,29)26-8-2-1-3-9-26)5-6-20(19)25-10-12-30-13-11-25/h4-7,14-15H,1-3,8-13,16H2,(H,24,27). The smallest absolute Gasteiger partial charge is 0.257 e. The number of piperidine rings is 1. The number of carbonyl (C=O) groups excluding carboxylic acids is 1. The summed E-state index contributed by atoms with van der Waals surface area (Å²) in [6, 6.07) is 10.00. The van der Waals surface area contributed by atoms with Gasteiger partial charge >= 0.3 is 0 Å². The van der Waals surface area contributed by atoms with Gasteiger partial charge in [-0.05, 0) is 43.2 Å². The van der Waals surface area contributed by atoms with Crippen molar-refractivity contribution in [3.8, 4) is 11.5 Å². The zero-order chi connectivity index (χ0) is 22.8. The van der Waals surface area contributed by atoms with Crippen LogP contribution >= 0.6 is 0 Å². The minimum absolute atomic E-state index is 0.136. The fraction of sp³-hybridized carbons (Fsp3) is 0.435. The van der Waals surface area contributed by atoms with Crippen molar-refractivity contribution in [1.29, 1.82) is 0 Å². The average molecular weight is 474 g/mol. The number of hydrogen-bond donors (Lipinski definition) is 1. The molecule has 5 rings (SSSR count). The number of nitrogens with zero attached hydrogens (tertiary/aromatic N) is 2. The normalized spacial score (nSPS) is 18.8. The maximum Gasteiger partial charge on any atom is 0.257 e. The molecule has 3 heterocycles. The maximum absolute atomic E-state index is 13.4. The van der Waals surface area contributed by atoms with Gasteiger partial charge in [0.1, 0.15) is 0 Å². The predicted octanol–water partition coefficient (Wildman–Crippen LogP) is 2.68. The molecule has 0 radical (unpaired) electrons. The average Bonchev–Trinajstić information content (AvgIpc) is 3.33.